The molecule has 0 spiro atoms. The van der Waals surface area contributed by atoms with Crippen LogP contribution in [0, 0.1) is 6.92 Å². The van der Waals surface area contributed by atoms with Crippen molar-refractivity contribution in [1.82, 2.24) is 5.01 Å². The normalized spacial score (nSPS) is 10.4. The summed E-state index contributed by atoms with van der Waals surface area (Å²) in [6.45, 7) is 2.10. The molecule has 0 heterocycles. The summed E-state index contributed by atoms with van der Waals surface area (Å²) in [6.07, 6.45) is 0. The number of carbonyl (C=O) groups excluding carboxylic acids is 1. The molecular weight excluding hydrogens is 376 g/mol. The molecule has 24 heavy (non-hydrogen) atoms. The van der Waals surface area contributed by atoms with Gasteiger partial charge in [0.2, 0.25) is 0 Å². The van der Waals surface area contributed by atoms with Crippen LogP contribution in [-0.2, 0) is 6.61 Å². The van der Waals surface area contributed by atoms with E-state index in [0.29, 0.717) is 15.9 Å². The van der Waals surface area contributed by atoms with Gasteiger partial charge in [-0.1, -0.05) is 12.1 Å². The molecule has 0 unspecified atom stereocenters. The van der Waals surface area contributed by atoms with E-state index < -0.39 is 6.03 Å². The molecule has 0 fully saturated rings. The predicted molar refractivity (Wildman–Crippen MR) is 95.3 cm³/mol. The molecule has 5 N–H and O–H groups in total. The van der Waals surface area contributed by atoms with Crippen LogP contribution in [0.4, 0.5) is 10.5 Å². The average Bonchev–Trinajstić information content (AvgIpc) is 2.53. The summed E-state index contributed by atoms with van der Waals surface area (Å²) < 4.78 is 6.42. The third-order valence-corrected chi connectivity index (χ3v) is 4.06. The van der Waals surface area contributed by atoms with Crippen molar-refractivity contribution >= 4 is 27.6 Å². The molecule has 2 amide bonds. The number of benzene rings is 2. The minimum absolute atomic E-state index is 0.135. The lowest BCUT2D eigenvalue weighted by molar-refractivity contribution is 0.216. The number of hydrazine groups is 2. The van der Waals surface area contributed by atoms with Crippen molar-refractivity contribution in [2.45, 2.75) is 13.5 Å². The number of nitrogens with two attached hydrogens (primary N) is 2. The van der Waals surface area contributed by atoms with Crippen LogP contribution in [0.1, 0.15) is 11.1 Å². The second kappa shape index (κ2) is 7.52. The van der Waals surface area contributed by atoms with Crippen LogP contribution in [0.5, 0.6) is 11.5 Å². The maximum atomic E-state index is 12.0. The number of phenolic OH excluding ortho intramolecular Hbond substituents is 1. The lowest BCUT2D eigenvalue weighted by atomic mass is 10.1. The number of carbonyl (C=O) groups is 1. The van der Waals surface area contributed by atoms with Crippen LogP contribution in [0.15, 0.2) is 40.9 Å². The van der Waals surface area contributed by atoms with Gasteiger partial charge in [0.25, 0.3) is 0 Å². The largest absolute Gasteiger partial charge is 0.508 e. The highest BCUT2D eigenvalue weighted by Gasteiger charge is 2.19. The quantitative estimate of drug-likeness (QED) is 0.419. The molecule has 0 bridgehead atoms. The van der Waals surface area contributed by atoms with Gasteiger partial charge in [0.15, 0.2) is 0 Å². The maximum absolute atomic E-state index is 12.0. The van der Waals surface area contributed by atoms with Gasteiger partial charge < -0.3 is 9.84 Å². The fourth-order valence-corrected chi connectivity index (χ4v) is 2.61. The third kappa shape index (κ3) is 3.97. The standard InChI is InChI=1S/C16H19BrN4O3/c1-10-4-3-5-14(21(19)16(23)20(2)18)12(10)9-24-15-7-6-11(22)8-13(15)17/h3-8,22H,9,18-19H2,1-2H3. The van der Waals surface area contributed by atoms with Crippen molar-refractivity contribution in [3.8, 4) is 11.5 Å². The van der Waals surface area contributed by atoms with Crippen molar-refractivity contribution in [3.05, 3.63) is 52.0 Å². The zero-order valence-electron chi connectivity index (χ0n) is 13.4. The number of hydrogen-bond donors (Lipinski definition) is 3. The van der Waals surface area contributed by atoms with E-state index in [2.05, 4.69) is 15.9 Å². The fraction of sp³-hybridized carbons (Fsp3) is 0.188. The van der Waals surface area contributed by atoms with Gasteiger partial charge in [0.05, 0.1) is 10.2 Å². The number of hydrogen-bond acceptors (Lipinski definition) is 5. The van der Waals surface area contributed by atoms with Crippen LogP contribution in [0.3, 0.4) is 0 Å². The summed E-state index contributed by atoms with van der Waals surface area (Å²) in [7, 11) is 1.42. The Morgan fingerprint density at radius 2 is 2.00 bits per heavy atom. The number of rotatable bonds is 4. The summed E-state index contributed by atoms with van der Waals surface area (Å²) >= 11 is 3.33. The highest BCUT2D eigenvalue weighted by atomic mass is 79.9. The van der Waals surface area contributed by atoms with Crippen molar-refractivity contribution < 1.29 is 14.6 Å². The summed E-state index contributed by atoms with van der Waals surface area (Å²) in [5.41, 5.74) is 2.19. The van der Waals surface area contributed by atoms with E-state index in [1.165, 1.54) is 19.2 Å². The van der Waals surface area contributed by atoms with Crippen LogP contribution < -0.4 is 21.4 Å². The smallest absolute Gasteiger partial charge is 0.352 e. The molecule has 2 rings (SSSR count). The molecule has 0 saturated carbocycles. The molecule has 0 aromatic heterocycles. The molecule has 0 radical (unpaired) electrons. The lowest BCUT2D eigenvalue weighted by Crippen LogP contribution is -2.49. The van der Waals surface area contributed by atoms with E-state index in [4.69, 9.17) is 16.4 Å². The molecule has 0 aliphatic carbocycles. The molecule has 2 aromatic carbocycles. The van der Waals surface area contributed by atoms with E-state index in [-0.39, 0.29) is 12.4 Å². The minimum Gasteiger partial charge on any atom is -0.508 e. The molecule has 0 aliphatic rings. The van der Waals surface area contributed by atoms with Gasteiger partial charge in [-0.05, 0) is 52.7 Å². The third-order valence-electron chi connectivity index (χ3n) is 3.44. The number of aromatic hydroxyl groups is 1. The molecule has 0 atom stereocenters. The fourth-order valence-electron chi connectivity index (χ4n) is 2.13. The Labute approximate surface area is 148 Å². The predicted octanol–water partition coefficient (Wildman–Crippen LogP) is 2.65. The van der Waals surface area contributed by atoms with Crippen molar-refractivity contribution in [3.63, 3.8) is 0 Å². The maximum Gasteiger partial charge on any atom is 0.352 e. The second-order valence-corrected chi connectivity index (χ2v) is 6.09. The topological polar surface area (TPSA) is 105 Å². The zero-order valence-corrected chi connectivity index (χ0v) is 14.9. The number of urea groups is 1. The van der Waals surface area contributed by atoms with Gasteiger partial charge in [0, 0.05) is 12.6 Å². The van der Waals surface area contributed by atoms with Crippen LogP contribution >= 0.6 is 15.9 Å². The number of phenols is 1. The van der Waals surface area contributed by atoms with Gasteiger partial charge in [-0.25, -0.2) is 21.5 Å². The first kappa shape index (κ1) is 18.1. The Morgan fingerprint density at radius 3 is 2.62 bits per heavy atom. The van der Waals surface area contributed by atoms with Crippen LogP contribution in [0.2, 0.25) is 0 Å². The number of anilines is 1. The number of halogens is 1. The molecule has 0 saturated heterocycles. The van der Waals surface area contributed by atoms with E-state index >= 15 is 0 Å². The van der Waals surface area contributed by atoms with Crippen LogP contribution in [0.25, 0.3) is 0 Å². The van der Waals surface area contributed by atoms with Gasteiger partial charge in [-0.3, -0.25) is 5.01 Å². The number of ether oxygens (including phenoxy) is 1. The SMILES string of the molecule is Cc1cccc(N(N)C(=O)N(C)N)c1COc1ccc(O)cc1Br. The molecule has 0 aliphatic heterocycles. The van der Waals surface area contributed by atoms with Crippen molar-refractivity contribution in [1.29, 1.82) is 0 Å². The van der Waals surface area contributed by atoms with E-state index in [9.17, 15) is 9.90 Å². The lowest BCUT2D eigenvalue weighted by Gasteiger charge is -2.24. The van der Waals surface area contributed by atoms with E-state index in [1.807, 2.05) is 13.0 Å². The Bertz CT molecular complexity index is 752. The molecule has 2 aromatic rings. The van der Waals surface area contributed by atoms with E-state index in [0.717, 1.165) is 21.1 Å². The monoisotopic (exact) mass is 394 g/mol. The Morgan fingerprint density at radius 1 is 1.29 bits per heavy atom. The van der Waals surface area contributed by atoms with Crippen LogP contribution in [-0.4, -0.2) is 23.2 Å². The first-order valence-electron chi connectivity index (χ1n) is 7.08. The Kier molecular flexibility index (Phi) is 5.66. The first-order chi connectivity index (χ1) is 11.3. The first-order valence-corrected chi connectivity index (χ1v) is 7.87. The molecule has 7 nitrogen and oxygen atoms in total. The zero-order chi connectivity index (χ0) is 17.9. The van der Waals surface area contributed by atoms with Gasteiger partial charge in [-0.15, -0.1) is 0 Å². The Balaban J connectivity index is 2.28. The highest BCUT2D eigenvalue weighted by molar-refractivity contribution is 9.10. The minimum atomic E-state index is -0.548. The highest BCUT2D eigenvalue weighted by Crippen LogP contribution is 2.31. The Hall–Kier alpha value is -2.29. The summed E-state index contributed by atoms with van der Waals surface area (Å²) in [6, 6.07) is 9.59. The summed E-state index contributed by atoms with van der Waals surface area (Å²) in [5.74, 6) is 12.1. The summed E-state index contributed by atoms with van der Waals surface area (Å²) in [5, 5.41) is 11.3. The number of aryl methyl sites for hydroxylation is 1. The van der Waals surface area contributed by atoms with Gasteiger partial charge in [-0.2, -0.15) is 0 Å². The molecular formula is C16H19BrN4O3. The van der Waals surface area contributed by atoms with Crippen molar-refractivity contribution in [2.24, 2.45) is 11.7 Å². The number of amides is 2. The molecule has 128 valence electrons. The molecule has 8 heteroatoms. The van der Waals surface area contributed by atoms with Gasteiger partial charge >= 0.3 is 6.03 Å². The average molecular weight is 395 g/mol. The van der Waals surface area contributed by atoms with E-state index in [1.54, 1.807) is 18.2 Å². The summed E-state index contributed by atoms with van der Waals surface area (Å²) in [4.78, 5) is 12.0. The second-order valence-electron chi connectivity index (χ2n) is 5.24. The van der Waals surface area contributed by atoms with Crippen molar-refractivity contribution in [2.75, 3.05) is 12.1 Å². The van der Waals surface area contributed by atoms with Gasteiger partial charge in [0.1, 0.15) is 18.1 Å². The number of nitrogens with zero attached hydrogens (tertiary/aromatic N) is 2.